The molecule has 1 fully saturated rings. The van der Waals surface area contributed by atoms with E-state index in [-0.39, 0.29) is 12.0 Å². The Labute approximate surface area is 80.4 Å². The van der Waals surface area contributed by atoms with Crippen LogP contribution < -0.4 is 0 Å². The van der Waals surface area contributed by atoms with Gasteiger partial charge in [-0.3, -0.25) is 4.99 Å². The van der Waals surface area contributed by atoms with Gasteiger partial charge in [-0.1, -0.05) is 40.0 Å². The minimum Gasteiger partial charge on any atom is -0.258 e. The molecule has 1 aliphatic carbocycles. The molecule has 2 heteroatoms. The Morgan fingerprint density at radius 3 is 2.15 bits per heavy atom. The molecule has 0 unspecified atom stereocenters. The van der Waals surface area contributed by atoms with Gasteiger partial charge in [0.25, 0.3) is 0 Å². The van der Waals surface area contributed by atoms with Crippen LogP contribution in [0.15, 0.2) is 4.99 Å². The van der Waals surface area contributed by atoms with Crippen molar-refractivity contribution in [3.8, 4) is 0 Å². The van der Waals surface area contributed by atoms with Crippen LogP contribution in [0.3, 0.4) is 0 Å². The molecule has 0 aromatic carbocycles. The fourth-order valence-corrected chi connectivity index (χ4v) is 1.56. The molecule has 1 saturated carbocycles. The standard InChI is InChI=1S/C11H20FN/c1-11(2,3)10(12)13-9-7-5-4-6-8-9/h9H,4-8H2,1-3H3. The third kappa shape index (κ3) is 3.45. The Morgan fingerprint density at radius 1 is 1.15 bits per heavy atom. The predicted molar refractivity (Wildman–Crippen MR) is 54.9 cm³/mol. The average molecular weight is 185 g/mol. The van der Waals surface area contributed by atoms with Crippen LogP contribution in [0.5, 0.6) is 0 Å². The fourth-order valence-electron chi connectivity index (χ4n) is 1.56. The van der Waals surface area contributed by atoms with Gasteiger partial charge in [0, 0.05) is 5.41 Å². The SMILES string of the molecule is CC(C)(C)C(F)=NC1CCCCC1. The molecule has 0 amide bonds. The molecule has 0 aromatic heterocycles. The van der Waals surface area contributed by atoms with Crippen LogP contribution in [-0.4, -0.2) is 12.0 Å². The second kappa shape index (κ2) is 4.21. The molecule has 1 rings (SSSR count). The minimum atomic E-state index is -0.405. The van der Waals surface area contributed by atoms with Gasteiger partial charge < -0.3 is 0 Å². The molecule has 1 aliphatic rings. The van der Waals surface area contributed by atoms with Crippen molar-refractivity contribution >= 4 is 5.97 Å². The van der Waals surface area contributed by atoms with Crippen molar-refractivity contribution in [2.75, 3.05) is 0 Å². The van der Waals surface area contributed by atoms with Crippen LogP contribution in [0.4, 0.5) is 4.39 Å². The van der Waals surface area contributed by atoms with Crippen LogP contribution in [0.25, 0.3) is 0 Å². The van der Waals surface area contributed by atoms with Crippen LogP contribution in [-0.2, 0) is 0 Å². The quantitative estimate of drug-likeness (QED) is 0.552. The number of rotatable bonds is 1. The molecule has 1 nitrogen and oxygen atoms in total. The monoisotopic (exact) mass is 185 g/mol. The summed E-state index contributed by atoms with van der Waals surface area (Å²) in [4.78, 5) is 4.16. The highest BCUT2D eigenvalue weighted by Gasteiger charge is 2.21. The van der Waals surface area contributed by atoms with E-state index in [9.17, 15) is 4.39 Å². The van der Waals surface area contributed by atoms with Crippen molar-refractivity contribution in [2.24, 2.45) is 10.4 Å². The van der Waals surface area contributed by atoms with E-state index in [0.717, 1.165) is 12.8 Å². The summed E-state index contributed by atoms with van der Waals surface area (Å²) in [5, 5.41) is 0. The first-order valence-electron chi connectivity index (χ1n) is 5.24. The van der Waals surface area contributed by atoms with Gasteiger partial charge in [0.15, 0.2) is 5.97 Å². The van der Waals surface area contributed by atoms with Crippen molar-refractivity contribution in [1.29, 1.82) is 0 Å². The van der Waals surface area contributed by atoms with Crippen molar-refractivity contribution in [2.45, 2.75) is 58.9 Å². The number of hydrogen-bond donors (Lipinski definition) is 0. The van der Waals surface area contributed by atoms with E-state index < -0.39 is 5.41 Å². The lowest BCUT2D eigenvalue weighted by molar-refractivity contribution is 0.426. The van der Waals surface area contributed by atoms with Crippen LogP contribution in [0, 0.1) is 5.41 Å². The Kier molecular flexibility index (Phi) is 3.46. The van der Waals surface area contributed by atoms with Crippen molar-refractivity contribution < 1.29 is 4.39 Å². The summed E-state index contributed by atoms with van der Waals surface area (Å²) in [6.45, 7) is 5.61. The van der Waals surface area contributed by atoms with Gasteiger partial charge in [0.2, 0.25) is 0 Å². The minimum absolute atomic E-state index is 0.181. The lowest BCUT2D eigenvalue weighted by Gasteiger charge is -2.21. The molecule has 0 saturated heterocycles. The lowest BCUT2D eigenvalue weighted by atomic mass is 9.94. The number of hydrogen-bond acceptors (Lipinski definition) is 1. The van der Waals surface area contributed by atoms with Gasteiger partial charge in [0.05, 0.1) is 6.04 Å². The molecule has 0 atom stereocenters. The number of nitrogens with zero attached hydrogens (tertiary/aromatic N) is 1. The molecule has 0 radical (unpaired) electrons. The summed E-state index contributed by atoms with van der Waals surface area (Å²) in [6, 6.07) is 0.257. The summed E-state index contributed by atoms with van der Waals surface area (Å²) in [5.74, 6) is -0.181. The third-order valence-corrected chi connectivity index (χ3v) is 2.49. The molecular formula is C11H20FN. The zero-order valence-electron chi connectivity index (χ0n) is 8.94. The van der Waals surface area contributed by atoms with Gasteiger partial charge in [-0.2, -0.15) is 4.39 Å². The van der Waals surface area contributed by atoms with E-state index in [1.807, 2.05) is 20.8 Å². The zero-order valence-corrected chi connectivity index (χ0v) is 8.94. The second-order valence-corrected chi connectivity index (χ2v) is 4.96. The first kappa shape index (κ1) is 10.7. The highest BCUT2D eigenvalue weighted by molar-refractivity contribution is 5.80. The maximum atomic E-state index is 13.4. The largest absolute Gasteiger partial charge is 0.258 e. The Bertz CT molecular complexity index is 185. The first-order chi connectivity index (χ1) is 6.00. The lowest BCUT2D eigenvalue weighted by Crippen LogP contribution is -2.20. The topological polar surface area (TPSA) is 12.4 Å². The summed E-state index contributed by atoms with van der Waals surface area (Å²) in [6.07, 6.45) is 5.87. The molecule has 0 bridgehead atoms. The van der Waals surface area contributed by atoms with Crippen molar-refractivity contribution in [1.82, 2.24) is 0 Å². The Balaban J connectivity index is 2.53. The van der Waals surface area contributed by atoms with E-state index in [0.29, 0.717) is 0 Å². The number of aliphatic imine (C=N–C) groups is 1. The van der Waals surface area contributed by atoms with E-state index in [1.165, 1.54) is 19.3 Å². The summed E-state index contributed by atoms with van der Waals surface area (Å²) < 4.78 is 13.4. The van der Waals surface area contributed by atoms with E-state index in [4.69, 9.17) is 0 Å². The Hall–Kier alpha value is -0.400. The van der Waals surface area contributed by atoms with E-state index >= 15 is 0 Å². The molecule has 0 spiro atoms. The summed E-state index contributed by atoms with van der Waals surface area (Å²) in [5.41, 5.74) is -0.405. The van der Waals surface area contributed by atoms with E-state index in [2.05, 4.69) is 4.99 Å². The molecule has 0 N–H and O–H groups in total. The molecule has 0 heterocycles. The van der Waals surface area contributed by atoms with Crippen molar-refractivity contribution in [3.05, 3.63) is 0 Å². The maximum absolute atomic E-state index is 13.4. The van der Waals surface area contributed by atoms with E-state index in [1.54, 1.807) is 0 Å². The van der Waals surface area contributed by atoms with Crippen LogP contribution >= 0.6 is 0 Å². The van der Waals surface area contributed by atoms with Gasteiger partial charge in [-0.25, -0.2) is 0 Å². The second-order valence-electron chi connectivity index (χ2n) is 4.96. The molecule has 76 valence electrons. The molecule has 13 heavy (non-hydrogen) atoms. The summed E-state index contributed by atoms with van der Waals surface area (Å²) in [7, 11) is 0. The molecular weight excluding hydrogens is 165 g/mol. The number of halogens is 1. The first-order valence-corrected chi connectivity index (χ1v) is 5.24. The average Bonchev–Trinajstić information content (AvgIpc) is 2.04. The van der Waals surface area contributed by atoms with Gasteiger partial charge in [-0.05, 0) is 12.8 Å². The molecule has 0 aromatic rings. The molecule has 0 aliphatic heterocycles. The zero-order chi connectivity index (χ0) is 9.90. The maximum Gasteiger partial charge on any atom is 0.190 e. The van der Waals surface area contributed by atoms with Gasteiger partial charge in [0.1, 0.15) is 0 Å². The predicted octanol–water partition coefficient (Wildman–Crippen LogP) is 3.73. The normalized spacial score (nSPS) is 22.0. The fraction of sp³-hybridized carbons (Fsp3) is 0.909. The van der Waals surface area contributed by atoms with Crippen LogP contribution in [0.2, 0.25) is 0 Å². The smallest absolute Gasteiger partial charge is 0.190 e. The van der Waals surface area contributed by atoms with Gasteiger partial charge in [-0.15, -0.1) is 0 Å². The highest BCUT2D eigenvalue weighted by Crippen LogP contribution is 2.24. The van der Waals surface area contributed by atoms with Gasteiger partial charge >= 0.3 is 0 Å². The third-order valence-electron chi connectivity index (χ3n) is 2.49. The summed E-state index contributed by atoms with van der Waals surface area (Å²) >= 11 is 0. The highest BCUT2D eigenvalue weighted by atomic mass is 19.1. The Morgan fingerprint density at radius 2 is 1.69 bits per heavy atom. The van der Waals surface area contributed by atoms with Crippen molar-refractivity contribution in [3.63, 3.8) is 0 Å². The van der Waals surface area contributed by atoms with Crippen LogP contribution in [0.1, 0.15) is 52.9 Å².